The molecule has 1 N–H and O–H groups in total. The maximum Gasteiger partial charge on any atom is 0.354 e. The van der Waals surface area contributed by atoms with Crippen LogP contribution in [0, 0.1) is 6.92 Å². The van der Waals surface area contributed by atoms with Crippen molar-refractivity contribution in [2.45, 2.75) is 117 Å². The van der Waals surface area contributed by atoms with Gasteiger partial charge in [-0.1, -0.05) is 108 Å². The molecule has 0 spiro atoms. The van der Waals surface area contributed by atoms with Gasteiger partial charge in [0.25, 0.3) is 0 Å². The van der Waals surface area contributed by atoms with Crippen LogP contribution in [0.25, 0.3) is 10.9 Å². The van der Waals surface area contributed by atoms with Gasteiger partial charge in [0.2, 0.25) is 0 Å². The Balaban J connectivity index is 1.54. The summed E-state index contributed by atoms with van der Waals surface area (Å²) in [6, 6.07) is 14.8. The summed E-state index contributed by atoms with van der Waals surface area (Å²) in [6.45, 7) is 6.65. The summed E-state index contributed by atoms with van der Waals surface area (Å²) in [5.74, 6) is -0.402. The highest BCUT2D eigenvalue weighted by Crippen LogP contribution is 2.32. The minimum Gasteiger partial charge on any atom is -0.488 e. The van der Waals surface area contributed by atoms with Crippen molar-refractivity contribution in [1.82, 2.24) is 4.98 Å². The van der Waals surface area contributed by atoms with Crippen LogP contribution in [-0.4, -0.2) is 16.1 Å². The van der Waals surface area contributed by atoms with Crippen LogP contribution in [0.15, 0.2) is 42.5 Å². The number of rotatable bonds is 18. The van der Waals surface area contributed by atoms with Crippen LogP contribution in [0.4, 0.5) is 0 Å². The SMILES string of the molecule is CCCCCCCCCCCCc1ccc(COc2c(C)c(C(=O)O)nc3ccc(CCCC)cc23)cc1. The van der Waals surface area contributed by atoms with Gasteiger partial charge in [-0.2, -0.15) is 0 Å². The normalized spacial score (nSPS) is 11.2. The van der Waals surface area contributed by atoms with E-state index in [1.807, 2.05) is 12.1 Å². The molecule has 38 heavy (non-hydrogen) atoms. The molecule has 206 valence electrons. The minimum atomic E-state index is -1.03. The lowest BCUT2D eigenvalue weighted by molar-refractivity contribution is 0.0689. The zero-order valence-electron chi connectivity index (χ0n) is 23.9. The summed E-state index contributed by atoms with van der Waals surface area (Å²) in [4.78, 5) is 16.2. The summed E-state index contributed by atoms with van der Waals surface area (Å²) in [5.41, 5.74) is 4.98. The van der Waals surface area contributed by atoms with Crippen LogP contribution in [0.1, 0.15) is 124 Å². The summed E-state index contributed by atoms with van der Waals surface area (Å²) in [6.07, 6.45) is 17.9. The molecule has 4 heteroatoms. The number of aromatic carboxylic acids is 1. The lowest BCUT2D eigenvalue weighted by Gasteiger charge is -2.15. The number of fused-ring (bicyclic) bond motifs is 1. The van der Waals surface area contributed by atoms with Crippen molar-refractivity contribution in [3.63, 3.8) is 0 Å². The maximum atomic E-state index is 11.8. The Kier molecular flexibility index (Phi) is 12.6. The van der Waals surface area contributed by atoms with Gasteiger partial charge in [-0.3, -0.25) is 0 Å². The van der Waals surface area contributed by atoms with E-state index in [0.717, 1.165) is 36.6 Å². The van der Waals surface area contributed by atoms with Crippen LogP contribution in [-0.2, 0) is 19.4 Å². The van der Waals surface area contributed by atoms with Gasteiger partial charge < -0.3 is 9.84 Å². The quantitative estimate of drug-likeness (QED) is 0.171. The van der Waals surface area contributed by atoms with Gasteiger partial charge >= 0.3 is 5.97 Å². The third kappa shape index (κ3) is 9.15. The second kappa shape index (κ2) is 16.2. The van der Waals surface area contributed by atoms with Gasteiger partial charge in [0.15, 0.2) is 5.69 Å². The fourth-order valence-electron chi connectivity index (χ4n) is 5.08. The number of benzene rings is 2. The molecule has 3 rings (SSSR count). The number of carboxylic acid groups (broad SMARTS) is 1. The van der Waals surface area contributed by atoms with Crippen molar-refractivity contribution >= 4 is 16.9 Å². The molecule has 0 unspecified atom stereocenters. The fraction of sp³-hybridized carbons (Fsp3) is 0.529. The highest BCUT2D eigenvalue weighted by molar-refractivity contribution is 5.95. The zero-order valence-corrected chi connectivity index (χ0v) is 23.9. The topological polar surface area (TPSA) is 59.4 Å². The summed E-state index contributed by atoms with van der Waals surface area (Å²) in [7, 11) is 0. The van der Waals surface area contributed by atoms with Gasteiger partial charge in [0.1, 0.15) is 12.4 Å². The minimum absolute atomic E-state index is 0.0562. The van der Waals surface area contributed by atoms with E-state index < -0.39 is 5.97 Å². The third-order valence-corrected chi connectivity index (χ3v) is 7.48. The molecule has 0 fully saturated rings. The van der Waals surface area contributed by atoms with E-state index in [9.17, 15) is 9.90 Å². The number of hydrogen-bond acceptors (Lipinski definition) is 3. The number of aromatic nitrogens is 1. The van der Waals surface area contributed by atoms with Crippen LogP contribution in [0.2, 0.25) is 0 Å². The molecule has 0 saturated carbocycles. The lowest BCUT2D eigenvalue weighted by Crippen LogP contribution is -2.07. The van der Waals surface area contributed by atoms with E-state index in [0.29, 0.717) is 23.4 Å². The molecular formula is C34H47NO3. The number of pyridine rings is 1. The van der Waals surface area contributed by atoms with Crippen LogP contribution >= 0.6 is 0 Å². The van der Waals surface area contributed by atoms with E-state index in [1.165, 1.54) is 75.3 Å². The standard InChI is InChI=1S/C34H47NO3/c1-4-6-8-9-10-11-12-13-14-15-17-27-18-20-29(21-19-27)25-38-33-26(3)32(34(36)37)35-31-23-22-28(16-7-5-2)24-30(31)33/h18-24H,4-17,25H2,1-3H3,(H,36,37). The van der Waals surface area contributed by atoms with Crippen molar-refractivity contribution in [3.8, 4) is 5.75 Å². The highest BCUT2D eigenvalue weighted by Gasteiger charge is 2.18. The van der Waals surface area contributed by atoms with Gasteiger partial charge in [-0.05, 0) is 61.4 Å². The Morgan fingerprint density at radius 2 is 1.29 bits per heavy atom. The zero-order chi connectivity index (χ0) is 27.2. The van der Waals surface area contributed by atoms with Gasteiger partial charge in [-0.15, -0.1) is 0 Å². The first-order valence-electron chi connectivity index (χ1n) is 14.9. The summed E-state index contributed by atoms with van der Waals surface area (Å²) < 4.78 is 6.29. The fourth-order valence-corrected chi connectivity index (χ4v) is 5.08. The Morgan fingerprint density at radius 1 is 0.737 bits per heavy atom. The second-order valence-electron chi connectivity index (χ2n) is 10.7. The van der Waals surface area contributed by atoms with Crippen molar-refractivity contribution in [2.75, 3.05) is 0 Å². The molecule has 0 atom stereocenters. The van der Waals surface area contributed by atoms with Crippen molar-refractivity contribution in [3.05, 3.63) is 70.4 Å². The summed E-state index contributed by atoms with van der Waals surface area (Å²) >= 11 is 0. The lowest BCUT2D eigenvalue weighted by atomic mass is 10.0. The van der Waals surface area contributed by atoms with Gasteiger partial charge in [0, 0.05) is 10.9 Å². The molecule has 0 aliphatic carbocycles. The van der Waals surface area contributed by atoms with E-state index in [2.05, 4.69) is 49.2 Å². The predicted octanol–water partition coefficient (Wildman–Crippen LogP) is 9.63. The number of carboxylic acids is 1. The van der Waals surface area contributed by atoms with Crippen molar-refractivity contribution in [1.29, 1.82) is 0 Å². The average Bonchev–Trinajstić information content (AvgIpc) is 2.92. The number of carbonyl (C=O) groups is 1. The molecule has 0 bridgehead atoms. The predicted molar refractivity (Wildman–Crippen MR) is 158 cm³/mol. The Labute approximate surface area is 229 Å². The first-order chi connectivity index (χ1) is 18.5. The Bertz CT molecular complexity index is 1140. The van der Waals surface area contributed by atoms with E-state index in [-0.39, 0.29) is 5.69 Å². The second-order valence-corrected chi connectivity index (χ2v) is 10.7. The highest BCUT2D eigenvalue weighted by atomic mass is 16.5. The first kappa shape index (κ1) is 29.7. The van der Waals surface area contributed by atoms with Gasteiger partial charge in [0.05, 0.1) is 5.52 Å². The van der Waals surface area contributed by atoms with Gasteiger partial charge in [-0.25, -0.2) is 9.78 Å². The molecule has 0 aliphatic heterocycles. The largest absolute Gasteiger partial charge is 0.488 e. The monoisotopic (exact) mass is 517 g/mol. The molecule has 0 amide bonds. The van der Waals surface area contributed by atoms with E-state index in [4.69, 9.17) is 4.74 Å². The number of ether oxygens (including phenoxy) is 1. The van der Waals surface area contributed by atoms with Crippen LogP contribution < -0.4 is 4.74 Å². The molecule has 2 aromatic carbocycles. The van der Waals surface area contributed by atoms with E-state index >= 15 is 0 Å². The number of aryl methyl sites for hydroxylation is 2. The smallest absolute Gasteiger partial charge is 0.354 e. The van der Waals surface area contributed by atoms with Crippen molar-refractivity contribution in [2.24, 2.45) is 0 Å². The average molecular weight is 518 g/mol. The first-order valence-corrected chi connectivity index (χ1v) is 14.9. The molecule has 0 aliphatic rings. The molecule has 0 saturated heterocycles. The van der Waals surface area contributed by atoms with Crippen molar-refractivity contribution < 1.29 is 14.6 Å². The van der Waals surface area contributed by atoms with E-state index in [1.54, 1.807) is 6.92 Å². The van der Waals surface area contributed by atoms with Crippen LogP contribution in [0.3, 0.4) is 0 Å². The molecular weight excluding hydrogens is 470 g/mol. The Morgan fingerprint density at radius 3 is 1.92 bits per heavy atom. The van der Waals surface area contributed by atoms with Crippen LogP contribution in [0.5, 0.6) is 5.75 Å². The number of unbranched alkanes of at least 4 members (excludes halogenated alkanes) is 10. The molecule has 1 aromatic heterocycles. The summed E-state index contributed by atoms with van der Waals surface area (Å²) in [5, 5.41) is 10.6. The molecule has 1 heterocycles. The number of nitrogens with zero attached hydrogens (tertiary/aromatic N) is 1. The molecule has 4 nitrogen and oxygen atoms in total. The number of hydrogen-bond donors (Lipinski definition) is 1. The Hall–Kier alpha value is -2.88. The molecule has 0 radical (unpaired) electrons. The third-order valence-electron chi connectivity index (χ3n) is 7.48. The molecule has 3 aromatic rings. The maximum absolute atomic E-state index is 11.8.